The number of rotatable bonds is 5. The largest absolute Gasteiger partial charge is 0.463 e. The summed E-state index contributed by atoms with van der Waals surface area (Å²) in [6, 6.07) is 9.97. The lowest BCUT2D eigenvalue weighted by Gasteiger charge is -2.10. The van der Waals surface area contributed by atoms with Crippen LogP contribution < -0.4 is 0 Å². The van der Waals surface area contributed by atoms with Crippen molar-refractivity contribution in [2.75, 3.05) is 6.61 Å². The highest BCUT2D eigenvalue weighted by Gasteiger charge is 2.13. The van der Waals surface area contributed by atoms with Crippen molar-refractivity contribution >= 4 is 11.5 Å². The highest BCUT2D eigenvalue weighted by atomic mass is 16.5. The van der Waals surface area contributed by atoms with Crippen molar-refractivity contribution in [2.24, 2.45) is 0 Å². The van der Waals surface area contributed by atoms with Gasteiger partial charge in [-0.15, -0.1) is 0 Å². The fraction of sp³-hybridized carbons (Fsp3) is 0.400. The van der Waals surface area contributed by atoms with Crippen LogP contribution in [0.2, 0.25) is 0 Å². The van der Waals surface area contributed by atoms with Gasteiger partial charge in [-0.25, -0.2) is 4.79 Å². The Bertz CT molecular complexity index is 391. The zero-order valence-corrected chi connectivity index (χ0v) is 10.8. The number of ether oxygens (including phenoxy) is 1. The number of carbonyl (C=O) groups is 1. The van der Waals surface area contributed by atoms with Crippen molar-refractivity contribution in [3.63, 3.8) is 0 Å². The number of hydrogen-bond donors (Lipinski definition) is 0. The van der Waals surface area contributed by atoms with Crippen LogP contribution in [0, 0.1) is 0 Å². The van der Waals surface area contributed by atoms with Crippen molar-refractivity contribution in [3.05, 3.63) is 41.5 Å². The summed E-state index contributed by atoms with van der Waals surface area (Å²) in [5, 5.41) is 0. The van der Waals surface area contributed by atoms with Crippen molar-refractivity contribution in [1.29, 1.82) is 0 Å². The Morgan fingerprint density at radius 2 is 1.82 bits per heavy atom. The molecule has 0 unspecified atom stereocenters. The first-order valence-electron chi connectivity index (χ1n) is 6.13. The lowest BCUT2D eigenvalue weighted by Crippen LogP contribution is -2.09. The third-order valence-electron chi connectivity index (χ3n) is 2.68. The van der Waals surface area contributed by atoms with Crippen LogP contribution >= 0.6 is 0 Å². The minimum absolute atomic E-state index is 0.185. The Balaban J connectivity index is 3.06. The molecule has 17 heavy (non-hydrogen) atoms. The number of allylic oxidation sites excluding steroid dienone is 1. The summed E-state index contributed by atoms with van der Waals surface area (Å²) in [6.07, 6.45) is 1.71. The van der Waals surface area contributed by atoms with E-state index in [4.69, 9.17) is 4.74 Å². The molecule has 2 nitrogen and oxygen atoms in total. The molecule has 0 heterocycles. The van der Waals surface area contributed by atoms with Gasteiger partial charge in [0.2, 0.25) is 0 Å². The van der Waals surface area contributed by atoms with Crippen LogP contribution in [0.4, 0.5) is 0 Å². The van der Waals surface area contributed by atoms with Gasteiger partial charge in [0.1, 0.15) is 0 Å². The molecular formula is C15H20O2. The van der Waals surface area contributed by atoms with E-state index >= 15 is 0 Å². The first kappa shape index (κ1) is 13.5. The summed E-state index contributed by atoms with van der Waals surface area (Å²) in [5.74, 6) is -0.185. The molecule has 92 valence electrons. The average molecular weight is 232 g/mol. The van der Waals surface area contributed by atoms with E-state index in [-0.39, 0.29) is 5.97 Å². The third kappa shape index (κ3) is 3.74. The average Bonchev–Trinajstić information content (AvgIpc) is 2.36. The molecule has 0 radical (unpaired) electrons. The fourth-order valence-corrected chi connectivity index (χ4v) is 1.77. The first-order chi connectivity index (χ1) is 8.20. The Hall–Kier alpha value is -1.57. The van der Waals surface area contributed by atoms with Gasteiger partial charge < -0.3 is 4.74 Å². The molecule has 1 rings (SSSR count). The lowest BCUT2D eigenvalue weighted by molar-refractivity contribution is -0.138. The van der Waals surface area contributed by atoms with E-state index in [9.17, 15) is 4.79 Å². The number of esters is 1. The highest BCUT2D eigenvalue weighted by Crippen LogP contribution is 2.22. The number of benzene rings is 1. The highest BCUT2D eigenvalue weighted by molar-refractivity contribution is 5.97. The van der Waals surface area contributed by atoms with Crippen LogP contribution in [-0.4, -0.2) is 12.6 Å². The lowest BCUT2D eigenvalue weighted by atomic mass is 9.98. The molecule has 0 aliphatic carbocycles. The van der Waals surface area contributed by atoms with Crippen molar-refractivity contribution in [2.45, 2.75) is 33.6 Å². The van der Waals surface area contributed by atoms with E-state index in [1.54, 1.807) is 0 Å². The summed E-state index contributed by atoms with van der Waals surface area (Å²) < 4.78 is 5.10. The topological polar surface area (TPSA) is 26.3 Å². The molecular weight excluding hydrogens is 212 g/mol. The molecule has 0 aromatic heterocycles. The van der Waals surface area contributed by atoms with Crippen LogP contribution in [-0.2, 0) is 9.53 Å². The third-order valence-corrected chi connectivity index (χ3v) is 2.68. The fourth-order valence-electron chi connectivity index (χ4n) is 1.77. The molecule has 0 aliphatic rings. The monoisotopic (exact) mass is 232 g/mol. The van der Waals surface area contributed by atoms with E-state index in [1.165, 1.54) is 0 Å². The Kier molecular flexibility index (Phi) is 5.47. The second-order valence-electron chi connectivity index (χ2n) is 3.94. The van der Waals surface area contributed by atoms with E-state index in [0.29, 0.717) is 6.61 Å². The van der Waals surface area contributed by atoms with E-state index < -0.39 is 0 Å². The van der Waals surface area contributed by atoms with Crippen LogP contribution in [0.25, 0.3) is 5.57 Å². The molecule has 0 saturated heterocycles. The second kappa shape index (κ2) is 6.89. The van der Waals surface area contributed by atoms with Gasteiger partial charge in [-0.1, -0.05) is 43.7 Å². The Morgan fingerprint density at radius 1 is 1.18 bits per heavy atom. The quantitative estimate of drug-likeness (QED) is 0.570. The van der Waals surface area contributed by atoms with Gasteiger partial charge in [-0.05, 0) is 31.4 Å². The van der Waals surface area contributed by atoms with E-state index in [0.717, 1.165) is 29.6 Å². The van der Waals surface area contributed by atoms with Crippen molar-refractivity contribution < 1.29 is 9.53 Å². The molecule has 2 heteroatoms. The van der Waals surface area contributed by atoms with Gasteiger partial charge in [-0.2, -0.15) is 0 Å². The minimum Gasteiger partial charge on any atom is -0.463 e. The van der Waals surface area contributed by atoms with Crippen molar-refractivity contribution in [3.8, 4) is 0 Å². The normalized spacial score (nSPS) is 11.9. The zero-order valence-electron chi connectivity index (χ0n) is 10.8. The summed E-state index contributed by atoms with van der Waals surface area (Å²) in [6.45, 7) is 6.31. The van der Waals surface area contributed by atoms with Gasteiger partial charge in [0.15, 0.2) is 0 Å². The first-order valence-corrected chi connectivity index (χ1v) is 6.13. The Labute approximate surface area is 103 Å². The minimum atomic E-state index is -0.185. The molecule has 0 spiro atoms. The molecule has 0 fully saturated rings. The van der Waals surface area contributed by atoms with Crippen molar-refractivity contribution in [1.82, 2.24) is 0 Å². The molecule has 0 saturated carbocycles. The van der Waals surface area contributed by atoms with Crippen LogP contribution in [0.1, 0.15) is 39.2 Å². The molecule has 0 N–H and O–H groups in total. The summed E-state index contributed by atoms with van der Waals surface area (Å²) >= 11 is 0. The summed E-state index contributed by atoms with van der Waals surface area (Å²) in [4.78, 5) is 11.9. The number of carbonyl (C=O) groups excluding carboxylic acids is 1. The second-order valence-corrected chi connectivity index (χ2v) is 3.94. The van der Waals surface area contributed by atoms with Gasteiger partial charge >= 0.3 is 5.97 Å². The molecule has 0 amide bonds. The SMILES string of the molecule is CCCC(C(=O)OCC)=C(C)c1ccccc1. The smallest absolute Gasteiger partial charge is 0.334 e. The van der Waals surface area contributed by atoms with E-state index in [2.05, 4.69) is 6.92 Å². The maximum absolute atomic E-state index is 11.9. The predicted octanol–water partition coefficient (Wildman–Crippen LogP) is 3.82. The maximum Gasteiger partial charge on any atom is 0.334 e. The molecule has 0 bridgehead atoms. The molecule has 1 aromatic carbocycles. The van der Waals surface area contributed by atoms with Crippen LogP contribution in [0.5, 0.6) is 0 Å². The van der Waals surface area contributed by atoms with Gasteiger partial charge in [0.05, 0.1) is 6.61 Å². The Morgan fingerprint density at radius 3 is 2.35 bits per heavy atom. The standard InChI is InChI=1S/C15H20O2/c1-4-9-14(15(16)17-5-2)12(3)13-10-7-6-8-11-13/h6-8,10-11H,4-5,9H2,1-3H3. The van der Waals surface area contributed by atoms with Gasteiger partial charge in [-0.3, -0.25) is 0 Å². The molecule has 0 atom stereocenters. The predicted molar refractivity (Wildman–Crippen MR) is 70.6 cm³/mol. The summed E-state index contributed by atoms with van der Waals surface area (Å²) in [7, 11) is 0. The van der Waals surface area contributed by atoms with E-state index in [1.807, 2.05) is 44.2 Å². The summed E-state index contributed by atoms with van der Waals surface area (Å²) in [5.41, 5.74) is 2.90. The van der Waals surface area contributed by atoms with Crippen LogP contribution in [0.3, 0.4) is 0 Å². The van der Waals surface area contributed by atoms with Gasteiger partial charge in [0.25, 0.3) is 0 Å². The van der Waals surface area contributed by atoms with Crippen LogP contribution in [0.15, 0.2) is 35.9 Å². The molecule has 1 aromatic rings. The van der Waals surface area contributed by atoms with Gasteiger partial charge in [0, 0.05) is 5.57 Å². The number of hydrogen-bond acceptors (Lipinski definition) is 2. The molecule has 0 aliphatic heterocycles. The maximum atomic E-state index is 11.9. The zero-order chi connectivity index (χ0) is 12.7.